The smallest absolute Gasteiger partial charge is 0.407 e. The van der Waals surface area contributed by atoms with E-state index in [1.807, 2.05) is 20.8 Å². The van der Waals surface area contributed by atoms with Gasteiger partial charge < -0.3 is 21.1 Å². The maximum atomic E-state index is 11.8. The van der Waals surface area contributed by atoms with Crippen LogP contribution in [0.2, 0.25) is 0 Å². The number of primary amides is 1. The van der Waals surface area contributed by atoms with Crippen LogP contribution in [0.3, 0.4) is 0 Å². The van der Waals surface area contributed by atoms with E-state index in [0.29, 0.717) is 12.5 Å². The van der Waals surface area contributed by atoms with E-state index in [9.17, 15) is 9.59 Å². The normalized spacial score (nSPS) is 22.6. The molecule has 21 heavy (non-hydrogen) atoms. The van der Waals surface area contributed by atoms with Gasteiger partial charge >= 0.3 is 6.09 Å². The van der Waals surface area contributed by atoms with Gasteiger partial charge in [-0.05, 0) is 59.4 Å². The Hall–Kier alpha value is -1.30. The lowest BCUT2D eigenvalue weighted by molar-refractivity contribution is -0.118. The van der Waals surface area contributed by atoms with Crippen LogP contribution in [-0.2, 0) is 9.53 Å². The van der Waals surface area contributed by atoms with Gasteiger partial charge in [0, 0.05) is 18.5 Å². The number of ether oxygens (including phenoxy) is 1. The number of rotatable bonds is 6. The number of hydrogen-bond donors (Lipinski definition) is 3. The quantitative estimate of drug-likeness (QED) is 0.650. The topological polar surface area (TPSA) is 93.4 Å². The number of carbonyl (C=O) groups excluding carboxylic acids is 2. The van der Waals surface area contributed by atoms with Gasteiger partial charge in [0.25, 0.3) is 0 Å². The number of alkyl carbamates (subject to hydrolysis) is 1. The van der Waals surface area contributed by atoms with E-state index in [4.69, 9.17) is 10.5 Å². The SMILES string of the molecule is CC(C)(C)OC(=O)NC1CCCC(NCCCC(N)=O)C1. The van der Waals surface area contributed by atoms with Crippen molar-refractivity contribution in [3.8, 4) is 0 Å². The summed E-state index contributed by atoms with van der Waals surface area (Å²) >= 11 is 0. The number of nitrogens with one attached hydrogen (secondary N) is 2. The van der Waals surface area contributed by atoms with Gasteiger partial charge in [0.2, 0.25) is 5.91 Å². The molecule has 0 saturated heterocycles. The van der Waals surface area contributed by atoms with Gasteiger partial charge in [-0.2, -0.15) is 0 Å². The average molecular weight is 299 g/mol. The lowest BCUT2D eigenvalue weighted by Gasteiger charge is -2.31. The van der Waals surface area contributed by atoms with Gasteiger partial charge in [0.05, 0.1) is 0 Å². The summed E-state index contributed by atoms with van der Waals surface area (Å²) in [4.78, 5) is 22.4. The molecule has 1 fully saturated rings. The first-order chi connectivity index (χ1) is 9.76. The summed E-state index contributed by atoms with van der Waals surface area (Å²) in [6, 6.07) is 0.536. The number of amides is 2. The van der Waals surface area contributed by atoms with E-state index in [0.717, 1.165) is 38.6 Å². The van der Waals surface area contributed by atoms with Gasteiger partial charge in [-0.25, -0.2) is 4.79 Å². The largest absolute Gasteiger partial charge is 0.444 e. The summed E-state index contributed by atoms with van der Waals surface area (Å²) in [5.41, 5.74) is 4.64. The third-order valence-electron chi connectivity index (χ3n) is 3.43. The van der Waals surface area contributed by atoms with E-state index in [-0.39, 0.29) is 18.0 Å². The molecule has 1 aliphatic rings. The highest BCUT2D eigenvalue weighted by Gasteiger charge is 2.25. The Labute approximate surface area is 127 Å². The van der Waals surface area contributed by atoms with Gasteiger partial charge in [-0.15, -0.1) is 0 Å². The predicted octanol–water partition coefficient (Wildman–Crippen LogP) is 1.68. The first-order valence-electron chi connectivity index (χ1n) is 7.77. The molecule has 6 heteroatoms. The van der Waals surface area contributed by atoms with Crippen molar-refractivity contribution in [2.75, 3.05) is 6.54 Å². The lowest BCUT2D eigenvalue weighted by atomic mass is 9.91. The van der Waals surface area contributed by atoms with Crippen LogP contribution in [-0.4, -0.2) is 36.2 Å². The van der Waals surface area contributed by atoms with Crippen LogP contribution < -0.4 is 16.4 Å². The molecule has 2 unspecified atom stereocenters. The fraction of sp³-hybridized carbons (Fsp3) is 0.867. The second-order valence-corrected chi connectivity index (χ2v) is 6.73. The minimum atomic E-state index is -0.467. The van der Waals surface area contributed by atoms with E-state index in [1.54, 1.807) is 0 Å². The maximum Gasteiger partial charge on any atom is 0.407 e. The first kappa shape index (κ1) is 17.8. The van der Waals surface area contributed by atoms with Crippen molar-refractivity contribution in [3.63, 3.8) is 0 Å². The molecule has 0 heterocycles. The highest BCUT2D eigenvalue weighted by atomic mass is 16.6. The molecule has 2 atom stereocenters. The minimum Gasteiger partial charge on any atom is -0.444 e. The molecule has 0 aliphatic heterocycles. The second-order valence-electron chi connectivity index (χ2n) is 6.73. The Balaban J connectivity index is 2.25. The second kappa shape index (κ2) is 8.22. The van der Waals surface area contributed by atoms with Crippen LogP contribution in [0.1, 0.15) is 59.3 Å². The average Bonchev–Trinajstić information content (AvgIpc) is 2.32. The summed E-state index contributed by atoms with van der Waals surface area (Å²) in [6.07, 6.45) is 4.89. The Kier molecular flexibility index (Phi) is 6.95. The molecule has 1 aliphatic carbocycles. The van der Waals surface area contributed by atoms with Crippen molar-refractivity contribution < 1.29 is 14.3 Å². The van der Waals surface area contributed by atoms with Gasteiger partial charge in [-0.1, -0.05) is 0 Å². The maximum absolute atomic E-state index is 11.8. The Morgan fingerprint density at radius 1 is 1.24 bits per heavy atom. The predicted molar refractivity (Wildman–Crippen MR) is 81.8 cm³/mol. The van der Waals surface area contributed by atoms with Crippen LogP contribution in [0.15, 0.2) is 0 Å². The molecular formula is C15H29N3O3. The first-order valence-corrected chi connectivity index (χ1v) is 7.77. The Bertz CT molecular complexity index is 353. The number of hydrogen-bond acceptors (Lipinski definition) is 4. The fourth-order valence-corrected chi connectivity index (χ4v) is 2.55. The van der Waals surface area contributed by atoms with Crippen LogP contribution in [0, 0.1) is 0 Å². The lowest BCUT2D eigenvalue weighted by Crippen LogP contribution is -2.45. The van der Waals surface area contributed by atoms with Gasteiger partial charge in [0.15, 0.2) is 0 Å². The molecule has 122 valence electrons. The van der Waals surface area contributed by atoms with E-state index in [2.05, 4.69) is 10.6 Å². The van der Waals surface area contributed by atoms with Crippen molar-refractivity contribution in [2.45, 2.75) is 77.0 Å². The molecule has 0 bridgehead atoms. The molecule has 0 radical (unpaired) electrons. The zero-order valence-electron chi connectivity index (χ0n) is 13.4. The Morgan fingerprint density at radius 2 is 1.90 bits per heavy atom. The molecule has 6 nitrogen and oxygen atoms in total. The third kappa shape index (κ3) is 8.55. The van der Waals surface area contributed by atoms with Crippen LogP contribution in [0.5, 0.6) is 0 Å². The molecule has 0 aromatic heterocycles. The summed E-state index contributed by atoms with van der Waals surface area (Å²) in [5.74, 6) is -0.259. The molecule has 4 N–H and O–H groups in total. The van der Waals surface area contributed by atoms with E-state index < -0.39 is 5.60 Å². The Morgan fingerprint density at radius 3 is 2.52 bits per heavy atom. The molecule has 1 rings (SSSR count). The molecule has 0 aromatic rings. The van der Waals surface area contributed by atoms with Crippen LogP contribution in [0.25, 0.3) is 0 Å². The zero-order valence-corrected chi connectivity index (χ0v) is 13.4. The molecule has 1 saturated carbocycles. The van der Waals surface area contributed by atoms with Crippen molar-refractivity contribution in [1.82, 2.24) is 10.6 Å². The third-order valence-corrected chi connectivity index (χ3v) is 3.43. The number of carbonyl (C=O) groups is 2. The highest BCUT2D eigenvalue weighted by Crippen LogP contribution is 2.19. The number of nitrogens with two attached hydrogens (primary N) is 1. The van der Waals surface area contributed by atoms with Crippen molar-refractivity contribution in [2.24, 2.45) is 5.73 Å². The summed E-state index contributed by atoms with van der Waals surface area (Å²) in [5, 5.41) is 6.37. The summed E-state index contributed by atoms with van der Waals surface area (Å²) in [7, 11) is 0. The minimum absolute atomic E-state index is 0.155. The van der Waals surface area contributed by atoms with Crippen LogP contribution in [0.4, 0.5) is 4.79 Å². The van der Waals surface area contributed by atoms with Gasteiger partial charge in [0.1, 0.15) is 5.60 Å². The molecule has 2 amide bonds. The summed E-state index contributed by atoms with van der Waals surface area (Å²) < 4.78 is 5.28. The van der Waals surface area contributed by atoms with Crippen molar-refractivity contribution in [1.29, 1.82) is 0 Å². The standard InChI is InChI=1S/C15H29N3O3/c1-15(2,3)21-14(20)18-12-7-4-6-11(10-12)17-9-5-8-13(16)19/h11-12,17H,4-10H2,1-3H3,(H2,16,19)(H,18,20). The van der Waals surface area contributed by atoms with Crippen molar-refractivity contribution >= 4 is 12.0 Å². The summed E-state index contributed by atoms with van der Waals surface area (Å²) in [6.45, 7) is 6.36. The molecular weight excluding hydrogens is 270 g/mol. The van der Waals surface area contributed by atoms with E-state index >= 15 is 0 Å². The molecule has 0 aromatic carbocycles. The van der Waals surface area contributed by atoms with E-state index in [1.165, 1.54) is 0 Å². The zero-order chi connectivity index (χ0) is 15.9. The fourth-order valence-electron chi connectivity index (χ4n) is 2.55. The monoisotopic (exact) mass is 299 g/mol. The van der Waals surface area contributed by atoms with Gasteiger partial charge in [-0.3, -0.25) is 4.79 Å². The van der Waals surface area contributed by atoms with Crippen molar-refractivity contribution in [3.05, 3.63) is 0 Å². The van der Waals surface area contributed by atoms with Crippen LogP contribution >= 0.6 is 0 Å². The molecule has 0 spiro atoms. The highest BCUT2D eigenvalue weighted by molar-refractivity contribution is 5.73.